The predicted molar refractivity (Wildman–Crippen MR) is 82.5 cm³/mol. The van der Waals surface area contributed by atoms with E-state index in [0.29, 0.717) is 0 Å². The molecule has 1 aromatic rings. The zero-order valence-corrected chi connectivity index (χ0v) is 12.5. The fourth-order valence-corrected chi connectivity index (χ4v) is 2.77. The maximum Gasteiger partial charge on any atom is 0.0363 e. The van der Waals surface area contributed by atoms with Gasteiger partial charge in [-0.2, -0.15) is 0 Å². The average molecular weight is 261 g/mol. The Labute approximate surface area is 117 Å². The molecule has 106 valence electrons. The molecule has 0 aliphatic carbocycles. The highest BCUT2D eigenvalue weighted by molar-refractivity contribution is 5.47. The molecule has 0 amide bonds. The molecule has 2 N–H and O–H groups in total. The first-order valence-electron chi connectivity index (χ1n) is 7.31. The van der Waals surface area contributed by atoms with E-state index in [1.165, 1.54) is 37.2 Å². The number of nitrogens with two attached hydrogens (primary N) is 1. The van der Waals surface area contributed by atoms with Crippen LogP contribution in [0.15, 0.2) is 24.3 Å². The summed E-state index contributed by atoms with van der Waals surface area (Å²) in [6.45, 7) is 5.66. The van der Waals surface area contributed by atoms with Gasteiger partial charge in [0.25, 0.3) is 0 Å². The molecule has 1 aromatic carbocycles. The van der Waals surface area contributed by atoms with E-state index in [-0.39, 0.29) is 6.04 Å². The van der Waals surface area contributed by atoms with Gasteiger partial charge in [-0.3, -0.25) is 0 Å². The van der Waals surface area contributed by atoms with Crippen LogP contribution < -0.4 is 10.6 Å². The standard InChI is InChI=1S/C16H27N3/c1-13(17)15-4-6-16(7-5-15)19(3)12-14-8-10-18(2)11-9-14/h4-7,13-14H,8-12,17H2,1-3H3/t13-/m0/s1. The number of benzene rings is 1. The van der Waals surface area contributed by atoms with Crippen molar-refractivity contribution in [1.82, 2.24) is 4.90 Å². The van der Waals surface area contributed by atoms with E-state index < -0.39 is 0 Å². The second kappa shape index (κ2) is 6.40. The van der Waals surface area contributed by atoms with E-state index in [2.05, 4.69) is 48.2 Å². The zero-order chi connectivity index (χ0) is 13.8. The highest BCUT2D eigenvalue weighted by Gasteiger charge is 2.18. The number of nitrogens with zero attached hydrogens (tertiary/aromatic N) is 2. The van der Waals surface area contributed by atoms with E-state index in [0.717, 1.165) is 12.5 Å². The fraction of sp³-hybridized carbons (Fsp3) is 0.625. The molecule has 0 saturated carbocycles. The van der Waals surface area contributed by atoms with Crippen molar-refractivity contribution in [2.75, 3.05) is 38.6 Å². The fourth-order valence-electron chi connectivity index (χ4n) is 2.77. The van der Waals surface area contributed by atoms with Crippen LogP contribution in [-0.2, 0) is 0 Å². The van der Waals surface area contributed by atoms with Gasteiger partial charge in [-0.1, -0.05) is 12.1 Å². The van der Waals surface area contributed by atoms with Crippen molar-refractivity contribution in [2.24, 2.45) is 11.7 Å². The van der Waals surface area contributed by atoms with Crippen molar-refractivity contribution in [3.05, 3.63) is 29.8 Å². The first-order chi connectivity index (χ1) is 9.06. The summed E-state index contributed by atoms with van der Waals surface area (Å²) >= 11 is 0. The van der Waals surface area contributed by atoms with Gasteiger partial charge in [0, 0.05) is 25.3 Å². The van der Waals surface area contributed by atoms with Gasteiger partial charge in [0.1, 0.15) is 0 Å². The Balaban J connectivity index is 1.90. The van der Waals surface area contributed by atoms with Crippen molar-refractivity contribution in [3.8, 4) is 0 Å². The molecule has 1 saturated heterocycles. The topological polar surface area (TPSA) is 32.5 Å². The Morgan fingerprint density at radius 2 is 1.84 bits per heavy atom. The summed E-state index contributed by atoms with van der Waals surface area (Å²) < 4.78 is 0. The summed E-state index contributed by atoms with van der Waals surface area (Å²) in [6.07, 6.45) is 2.64. The summed E-state index contributed by atoms with van der Waals surface area (Å²) in [5.41, 5.74) is 8.38. The SMILES string of the molecule is C[C@H](N)c1ccc(N(C)CC2CCN(C)CC2)cc1. The van der Waals surface area contributed by atoms with E-state index in [1.807, 2.05) is 6.92 Å². The molecule has 1 heterocycles. The van der Waals surface area contributed by atoms with Gasteiger partial charge in [0.15, 0.2) is 0 Å². The number of piperidine rings is 1. The molecule has 1 fully saturated rings. The summed E-state index contributed by atoms with van der Waals surface area (Å²) in [5.74, 6) is 0.828. The van der Waals surface area contributed by atoms with Gasteiger partial charge in [0.05, 0.1) is 0 Å². The van der Waals surface area contributed by atoms with Crippen LogP contribution >= 0.6 is 0 Å². The smallest absolute Gasteiger partial charge is 0.0363 e. The van der Waals surface area contributed by atoms with Gasteiger partial charge >= 0.3 is 0 Å². The monoisotopic (exact) mass is 261 g/mol. The third kappa shape index (κ3) is 3.95. The van der Waals surface area contributed by atoms with Gasteiger partial charge in [-0.15, -0.1) is 0 Å². The highest BCUT2D eigenvalue weighted by atomic mass is 15.1. The molecule has 0 radical (unpaired) electrons. The van der Waals surface area contributed by atoms with Crippen molar-refractivity contribution in [1.29, 1.82) is 0 Å². The third-order valence-electron chi connectivity index (χ3n) is 4.23. The number of likely N-dealkylation sites (tertiary alicyclic amines) is 1. The van der Waals surface area contributed by atoms with Gasteiger partial charge in [-0.05, 0) is 63.5 Å². The Morgan fingerprint density at radius 1 is 1.26 bits per heavy atom. The van der Waals surface area contributed by atoms with E-state index in [4.69, 9.17) is 5.73 Å². The predicted octanol–water partition coefficient (Wildman–Crippen LogP) is 2.48. The van der Waals surface area contributed by atoms with Crippen molar-refractivity contribution in [3.63, 3.8) is 0 Å². The average Bonchev–Trinajstić information content (AvgIpc) is 2.41. The van der Waals surface area contributed by atoms with Crippen molar-refractivity contribution in [2.45, 2.75) is 25.8 Å². The molecule has 1 aliphatic heterocycles. The molecule has 2 rings (SSSR count). The van der Waals surface area contributed by atoms with Crippen LogP contribution in [-0.4, -0.2) is 38.6 Å². The molecule has 0 spiro atoms. The van der Waals surface area contributed by atoms with Crippen LogP contribution in [0.3, 0.4) is 0 Å². The third-order valence-corrected chi connectivity index (χ3v) is 4.23. The lowest BCUT2D eigenvalue weighted by Crippen LogP contribution is -2.35. The van der Waals surface area contributed by atoms with Crippen LogP contribution in [0.1, 0.15) is 31.4 Å². The second-order valence-corrected chi connectivity index (χ2v) is 6.01. The Morgan fingerprint density at radius 3 is 2.37 bits per heavy atom. The minimum atomic E-state index is 0.119. The summed E-state index contributed by atoms with van der Waals surface area (Å²) in [6, 6.07) is 8.78. The quantitative estimate of drug-likeness (QED) is 0.904. The number of hydrogen-bond donors (Lipinski definition) is 1. The van der Waals surface area contributed by atoms with E-state index in [1.54, 1.807) is 0 Å². The minimum absolute atomic E-state index is 0.119. The number of hydrogen-bond acceptors (Lipinski definition) is 3. The van der Waals surface area contributed by atoms with Crippen molar-refractivity contribution >= 4 is 5.69 Å². The maximum atomic E-state index is 5.88. The molecule has 1 aliphatic rings. The highest BCUT2D eigenvalue weighted by Crippen LogP contribution is 2.21. The first kappa shape index (κ1) is 14.4. The molecular formula is C16H27N3. The molecule has 0 bridgehead atoms. The largest absolute Gasteiger partial charge is 0.374 e. The molecule has 3 nitrogen and oxygen atoms in total. The Hall–Kier alpha value is -1.06. The Kier molecular flexibility index (Phi) is 4.83. The summed E-state index contributed by atoms with van der Waals surface area (Å²) in [4.78, 5) is 4.80. The van der Waals surface area contributed by atoms with E-state index >= 15 is 0 Å². The second-order valence-electron chi connectivity index (χ2n) is 6.01. The zero-order valence-electron chi connectivity index (χ0n) is 12.5. The lowest BCUT2D eigenvalue weighted by Gasteiger charge is -2.32. The molecule has 19 heavy (non-hydrogen) atoms. The van der Waals surface area contributed by atoms with Crippen LogP contribution in [0, 0.1) is 5.92 Å². The maximum absolute atomic E-state index is 5.88. The van der Waals surface area contributed by atoms with Gasteiger partial charge in [0.2, 0.25) is 0 Å². The van der Waals surface area contributed by atoms with Gasteiger partial charge < -0.3 is 15.5 Å². The Bertz CT molecular complexity index is 377. The summed E-state index contributed by atoms with van der Waals surface area (Å²) in [5, 5.41) is 0. The lowest BCUT2D eigenvalue weighted by atomic mass is 9.96. The molecule has 3 heteroatoms. The number of anilines is 1. The normalized spacial score (nSPS) is 19.4. The van der Waals surface area contributed by atoms with E-state index in [9.17, 15) is 0 Å². The van der Waals surface area contributed by atoms with Crippen LogP contribution in [0.4, 0.5) is 5.69 Å². The molecular weight excluding hydrogens is 234 g/mol. The van der Waals surface area contributed by atoms with Crippen molar-refractivity contribution < 1.29 is 0 Å². The minimum Gasteiger partial charge on any atom is -0.374 e. The van der Waals surface area contributed by atoms with Crippen LogP contribution in [0.5, 0.6) is 0 Å². The van der Waals surface area contributed by atoms with Gasteiger partial charge in [-0.25, -0.2) is 0 Å². The van der Waals surface area contributed by atoms with Crippen LogP contribution in [0.25, 0.3) is 0 Å². The van der Waals surface area contributed by atoms with Crippen LogP contribution in [0.2, 0.25) is 0 Å². The number of rotatable bonds is 4. The molecule has 0 unspecified atom stereocenters. The summed E-state index contributed by atoms with van der Waals surface area (Å²) in [7, 11) is 4.41. The first-order valence-corrected chi connectivity index (χ1v) is 7.31. The molecule has 0 aromatic heterocycles. The molecule has 1 atom stereocenters. The lowest BCUT2D eigenvalue weighted by molar-refractivity contribution is 0.222.